The monoisotopic (exact) mass is 575 g/mol. The highest BCUT2D eigenvalue weighted by Gasteiger charge is 2.24. The maximum absolute atomic E-state index is 13.6. The van der Waals surface area contributed by atoms with E-state index in [1.54, 1.807) is 19.2 Å². The van der Waals surface area contributed by atoms with Crippen LogP contribution >= 0.6 is 0 Å². The lowest BCUT2D eigenvalue weighted by Crippen LogP contribution is -2.44. The van der Waals surface area contributed by atoms with Crippen LogP contribution in [0.3, 0.4) is 0 Å². The Morgan fingerprint density at radius 1 is 0.929 bits per heavy atom. The molecule has 222 valence electrons. The normalized spacial score (nSPS) is 12.1. The molecule has 0 bridgehead atoms. The number of benzene rings is 2. The summed E-state index contributed by atoms with van der Waals surface area (Å²) in [7, 11) is 0. The summed E-state index contributed by atoms with van der Waals surface area (Å²) in [6, 6.07) is 20.1. The number of ether oxygens (including phenoxy) is 1. The van der Waals surface area contributed by atoms with E-state index >= 15 is 0 Å². The van der Waals surface area contributed by atoms with E-state index in [4.69, 9.17) is 4.74 Å². The Morgan fingerprint density at radius 2 is 1.55 bits per heavy atom. The second-order valence-corrected chi connectivity index (χ2v) is 9.74. The standard InChI is InChI=1S/C31H37N5O6/c1-4-42-31(41)35-30(33-21(2)3)32-19-11-18-25(29(39)40)34-27(37)24-17-12-20-36(28(24)38)26(22-13-7-5-8-14-22)23-15-9-6-10-16-23/h5-10,12-17,20-21,25-26H,4,11,18-19H2,1-3H3,(H,34,37)(H,39,40)(H2,32,33,35,41)/t25-/m0/s1. The smallest absolute Gasteiger partial charge is 0.413 e. The van der Waals surface area contributed by atoms with Crippen molar-refractivity contribution >= 4 is 23.9 Å². The summed E-state index contributed by atoms with van der Waals surface area (Å²) in [5.41, 5.74) is 1.00. The first kappa shape index (κ1) is 31.6. The molecule has 2 aromatic carbocycles. The van der Waals surface area contributed by atoms with E-state index in [9.17, 15) is 24.3 Å². The van der Waals surface area contributed by atoms with Crippen molar-refractivity contribution in [3.05, 3.63) is 106 Å². The minimum Gasteiger partial charge on any atom is -0.480 e. The largest absolute Gasteiger partial charge is 0.480 e. The molecule has 0 spiro atoms. The number of guanidine groups is 1. The zero-order valence-corrected chi connectivity index (χ0v) is 23.9. The molecular formula is C31H37N5O6. The van der Waals surface area contributed by atoms with E-state index in [0.717, 1.165) is 11.1 Å². The van der Waals surface area contributed by atoms with Gasteiger partial charge in [-0.15, -0.1) is 0 Å². The highest BCUT2D eigenvalue weighted by Crippen LogP contribution is 2.25. The third-order valence-corrected chi connectivity index (χ3v) is 6.17. The second kappa shape index (κ2) is 15.8. The molecule has 2 amide bonds. The number of aliphatic imine (C=N–C) groups is 1. The van der Waals surface area contributed by atoms with Gasteiger partial charge in [-0.3, -0.25) is 19.9 Å². The zero-order valence-electron chi connectivity index (χ0n) is 23.9. The first-order valence-corrected chi connectivity index (χ1v) is 13.8. The number of carboxylic acids is 1. The van der Waals surface area contributed by atoms with Crippen LogP contribution in [0.25, 0.3) is 0 Å². The summed E-state index contributed by atoms with van der Waals surface area (Å²) in [4.78, 5) is 54.8. The molecule has 42 heavy (non-hydrogen) atoms. The molecule has 11 heteroatoms. The highest BCUT2D eigenvalue weighted by molar-refractivity contribution is 5.96. The molecule has 3 rings (SSSR count). The molecule has 0 aliphatic carbocycles. The first-order valence-electron chi connectivity index (χ1n) is 13.8. The SMILES string of the molecule is CCOC(=O)N/C(=N/CCC[C@H](NC(=O)c1cccn(C(c2ccccc2)c2ccccc2)c1=O)C(=O)O)NC(C)C. The molecule has 0 aliphatic heterocycles. The molecule has 1 aromatic heterocycles. The Morgan fingerprint density at radius 3 is 2.10 bits per heavy atom. The van der Waals surface area contributed by atoms with E-state index in [1.807, 2.05) is 74.5 Å². The predicted molar refractivity (Wildman–Crippen MR) is 160 cm³/mol. The molecule has 0 fully saturated rings. The summed E-state index contributed by atoms with van der Waals surface area (Å²) in [5, 5.41) is 17.8. The van der Waals surface area contributed by atoms with Crippen LogP contribution < -0.4 is 21.5 Å². The van der Waals surface area contributed by atoms with E-state index in [-0.39, 0.29) is 43.6 Å². The lowest BCUT2D eigenvalue weighted by Gasteiger charge is -2.22. The maximum atomic E-state index is 13.6. The van der Waals surface area contributed by atoms with Crippen LogP contribution in [0.4, 0.5) is 4.79 Å². The molecular weight excluding hydrogens is 538 g/mol. The number of carbonyl (C=O) groups excluding carboxylic acids is 2. The first-order chi connectivity index (χ1) is 20.2. The molecule has 11 nitrogen and oxygen atoms in total. The molecule has 1 atom stereocenters. The minimum atomic E-state index is -1.25. The van der Waals surface area contributed by atoms with Crippen LogP contribution in [-0.2, 0) is 9.53 Å². The van der Waals surface area contributed by atoms with Crippen LogP contribution in [0.15, 0.2) is 88.8 Å². The average Bonchev–Trinajstić information content (AvgIpc) is 2.96. The molecule has 1 heterocycles. The van der Waals surface area contributed by atoms with Gasteiger partial charge in [0, 0.05) is 18.8 Å². The predicted octanol–water partition coefficient (Wildman–Crippen LogP) is 3.55. The van der Waals surface area contributed by atoms with Gasteiger partial charge in [-0.2, -0.15) is 0 Å². The summed E-state index contributed by atoms with van der Waals surface area (Å²) >= 11 is 0. The Kier molecular flexibility index (Phi) is 11.8. The topological polar surface area (TPSA) is 151 Å². The third-order valence-electron chi connectivity index (χ3n) is 6.17. The van der Waals surface area contributed by atoms with Crippen LogP contribution in [-0.4, -0.2) is 58.8 Å². The van der Waals surface area contributed by atoms with Gasteiger partial charge in [-0.05, 0) is 56.9 Å². The molecule has 0 aliphatic rings. The minimum absolute atomic E-state index is 0.0185. The number of rotatable bonds is 12. The van der Waals surface area contributed by atoms with E-state index in [0.29, 0.717) is 0 Å². The highest BCUT2D eigenvalue weighted by atomic mass is 16.5. The number of nitrogens with one attached hydrogen (secondary N) is 3. The van der Waals surface area contributed by atoms with E-state index in [2.05, 4.69) is 20.9 Å². The van der Waals surface area contributed by atoms with Gasteiger partial charge in [0.25, 0.3) is 11.5 Å². The van der Waals surface area contributed by atoms with Gasteiger partial charge in [-0.25, -0.2) is 9.59 Å². The van der Waals surface area contributed by atoms with Crippen LogP contribution in [0.2, 0.25) is 0 Å². The Balaban J connectivity index is 1.76. The molecule has 3 aromatic rings. The summed E-state index contributed by atoms with van der Waals surface area (Å²) in [6.45, 7) is 5.80. The Hall–Kier alpha value is -4.93. The van der Waals surface area contributed by atoms with E-state index in [1.165, 1.54) is 10.6 Å². The van der Waals surface area contributed by atoms with Crippen molar-refractivity contribution in [2.24, 2.45) is 4.99 Å². The van der Waals surface area contributed by atoms with Crippen molar-refractivity contribution in [2.75, 3.05) is 13.2 Å². The van der Waals surface area contributed by atoms with Gasteiger partial charge in [0.1, 0.15) is 11.6 Å². The van der Waals surface area contributed by atoms with Crippen molar-refractivity contribution in [3.8, 4) is 0 Å². The third kappa shape index (κ3) is 9.05. The van der Waals surface area contributed by atoms with E-state index < -0.39 is 35.6 Å². The lowest BCUT2D eigenvalue weighted by molar-refractivity contribution is -0.139. The zero-order chi connectivity index (χ0) is 30.5. The Labute approximate surface area is 244 Å². The van der Waals surface area contributed by atoms with Crippen LogP contribution in [0.5, 0.6) is 0 Å². The van der Waals surface area contributed by atoms with Crippen molar-refractivity contribution < 1.29 is 24.2 Å². The number of aliphatic carboxylic acids is 1. The average molecular weight is 576 g/mol. The molecule has 0 radical (unpaired) electrons. The van der Waals surface area contributed by atoms with Crippen molar-refractivity contribution in [2.45, 2.75) is 51.7 Å². The molecule has 4 N–H and O–H groups in total. The van der Waals surface area contributed by atoms with Gasteiger partial charge >= 0.3 is 12.1 Å². The van der Waals surface area contributed by atoms with Crippen molar-refractivity contribution in [3.63, 3.8) is 0 Å². The number of hydrogen-bond acceptors (Lipinski definition) is 6. The van der Waals surface area contributed by atoms with Gasteiger partial charge in [0.15, 0.2) is 0 Å². The molecule has 0 unspecified atom stereocenters. The second-order valence-electron chi connectivity index (χ2n) is 9.74. The Bertz CT molecular complexity index is 1380. The number of carbonyl (C=O) groups is 3. The molecule has 0 saturated heterocycles. The maximum Gasteiger partial charge on any atom is 0.413 e. The number of amides is 2. The van der Waals surface area contributed by atoms with Crippen LogP contribution in [0, 0.1) is 0 Å². The molecule has 0 saturated carbocycles. The number of nitrogens with zero attached hydrogens (tertiary/aromatic N) is 2. The number of alkyl carbamates (subject to hydrolysis) is 1. The number of pyridine rings is 1. The number of carboxylic acid groups (broad SMARTS) is 1. The summed E-state index contributed by atoms with van der Waals surface area (Å²) < 4.78 is 6.35. The van der Waals surface area contributed by atoms with Gasteiger partial charge in [0.2, 0.25) is 5.96 Å². The number of aromatic nitrogens is 1. The van der Waals surface area contributed by atoms with Crippen molar-refractivity contribution in [1.82, 2.24) is 20.5 Å². The summed E-state index contributed by atoms with van der Waals surface area (Å²) in [5.74, 6) is -1.81. The van der Waals surface area contributed by atoms with Gasteiger partial charge < -0.3 is 25.0 Å². The fourth-order valence-electron chi connectivity index (χ4n) is 4.31. The quantitative estimate of drug-likeness (QED) is 0.146. The lowest BCUT2D eigenvalue weighted by atomic mass is 9.98. The van der Waals surface area contributed by atoms with Crippen LogP contribution in [0.1, 0.15) is 61.1 Å². The summed E-state index contributed by atoms with van der Waals surface area (Å²) in [6.07, 6.45) is 1.30. The fraction of sp³-hybridized carbons (Fsp3) is 0.323. The number of hydrogen-bond donors (Lipinski definition) is 4. The van der Waals surface area contributed by atoms with Gasteiger partial charge in [-0.1, -0.05) is 60.7 Å². The fourth-order valence-corrected chi connectivity index (χ4v) is 4.31. The van der Waals surface area contributed by atoms with Crippen molar-refractivity contribution in [1.29, 1.82) is 0 Å². The van der Waals surface area contributed by atoms with Gasteiger partial charge in [0.05, 0.1) is 12.6 Å².